The fraction of sp³-hybridized carbons (Fsp3) is 0.500. The van der Waals surface area contributed by atoms with Crippen LogP contribution in [0.4, 0.5) is 5.82 Å². The standard InChI is InChI=1S/C8H10N2O2/c1-6-5-7(9-12-6)10-4-2-3-8(10)11/h5H,2-4H2,1H3. The fourth-order valence-electron chi connectivity index (χ4n) is 1.37. The summed E-state index contributed by atoms with van der Waals surface area (Å²) in [6, 6.07) is 1.78. The second-order valence-electron chi connectivity index (χ2n) is 2.94. The highest BCUT2D eigenvalue weighted by Gasteiger charge is 2.23. The van der Waals surface area contributed by atoms with Crippen LogP contribution in [0.2, 0.25) is 0 Å². The molecule has 1 aliphatic heterocycles. The van der Waals surface area contributed by atoms with Crippen LogP contribution < -0.4 is 4.90 Å². The van der Waals surface area contributed by atoms with Gasteiger partial charge in [-0.05, 0) is 13.3 Å². The van der Waals surface area contributed by atoms with Gasteiger partial charge >= 0.3 is 0 Å². The van der Waals surface area contributed by atoms with Crippen LogP contribution in [0.5, 0.6) is 0 Å². The number of carbonyl (C=O) groups is 1. The number of anilines is 1. The van der Waals surface area contributed by atoms with Crippen LogP contribution in [0.25, 0.3) is 0 Å². The van der Waals surface area contributed by atoms with Gasteiger partial charge in [0.2, 0.25) is 5.91 Å². The number of aromatic nitrogens is 1. The summed E-state index contributed by atoms with van der Waals surface area (Å²) >= 11 is 0. The zero-order valence-corrected chi connectivity index (χ0v) is 6.91. The van der Waals surface area contributed by atoms with Crippen molar-refractivity contribution in [3.8, 4) is 0 Å². The molecule has 64 valence electrons. The van der Waals surface area contributed by atoms with E-state index in [0.29, 0.717) is 12.2 Å². The first-order chi connectivity index (χ1) is 5.77. The largest absolute Gasteiger partial charge is 0.360 e. The molecule has 0 saturated carbocycles. The highest BCUT2D eigenvalue weighted by atomic mass is 16.5. The molecule has 0 radical (unpaired) electrons. The highest BCUT2D eigenvalue weighted by molar-refractivity contribution is 5.94. The van der Waals surface area contributed by atoms with Gasteiger partial charge in [-0.2, -0.15) is 0 Å². The molecule has 0 bridgehead atoms. The summed E-state index contributed by atoms with van der Waals surface area (Å²) in [4.78, 5) is 12.9. The van der Waals surface area contributed by atoms with Gasteiger partial charge in [-0.1, -0.05) is 5.16 Å². The molecule has 1 aromatic rings. The van der Waals surface area contributed by atoms with Crippen molar-refractivity contribution in [1.29, 1.82) is 0 Å². The first kappa shape index (κ1) is 7.34. The van der Waals surface area contributed by atoms with Crippen LogP contribution in [0.15, 0.2) is 10.6 Å². The van der Waals surface area contributed by atoms with Crippen LogP contribution in [-0.4, -0.2) is 17.6 Å². The van der Waals surface area contributed by atoms with Crippen molar-refractivity contribution in [2.45, 2.75) is 19.8 Å². The van der Waals surface area contributed by atoms with Gasteiger partial charge in [-0.15, -0.1) is 0 Å². The Morgan fingerprint density at radius 3 is 3.00 bits per heavy atom. The van der Waals surface area contributed by atoms with Crippen molar-refractivity contribution in [1.82, 2.24) is 5.16 Å². The van der Waals surface area contributed by atoms with Gasteiger partial charge in [-0.25, -0.2) is 0 Å². The number of hydrogen-bond donors (Lipinski definition) is 0. The first-order valence-corrected chi connectivity index (χ1v) is 4.01. The van der Waals surface area contributed by atoms with Gasteiger partial charge in [0, 0.05) is 19.0 Å². The molecular formula is C8H10N2O2. The molecule has 0 spiro atoms. The Hall–Kier alpha value is -1.32. The van der Waals surface area contributed by atoms with Crippen molar-refractivity contribution in [2.75, 3.05) is 11.4 Å². The normalized spacial score (nSPS) is 17.4. The van der Waals surface area contributed by atoms with Gasteiger partial charge in [0.05, 0.1) is 0 Å². The average Bonchev–Trinajstić information content (AvgIpc) is 2.58. The van der Waals surface area contributed by atoms with Crippen molar-refractivity contribution in [3.63, 3.8) is 0 Å². The number of amides is 1. The highest BCUT2D eigenvalue weighted by Crippen LogP contribution is 2.19. The van der Waals surface area contributed by atoms with Crippen molar-refractivity contribution < 1.29 is 9.32 Å². The summed E-state index contributed by atoms with van der Waals surface area (Å²) in [7, 11) is 0. The topological polar surface area (TPSA) is 46.3 Å². The summed E-state index contributed by atoms with van der Waals surface area (Å²) in [5, 5.41) is 3.78. The fourth-order valence-corrected chi connectivity index (χ4v) is 1.37. The van der Waals surface area contributed by atoms with Crippen LogP contribution in [0.3, 0.4) is 0 Å². The van der Waals surface area contributed by atoms with Crippen molar-refractivity contribution in [3.05, 3.63) is 11.8 Å². The van der Waals surface area contributed by atoms with E-state index in [0.717, 1.165) is 18.7 Å². The Labute approximate surface area is 70.1 Å². The van der Waals surface area contributed by atoms with E-state index in [1.54, 1.807) is 11.0 Å². The third kappa shape index (κ3) is 1.09. The average molecular weight is 166 g/mol. The quantitative estimate of drug-likeness (QED) is 0.627. The minimum Gasteiger partial charge on any atom is -0.360 e. The maximum Gasteiger partial charge on any atom is 0.228 e. The Morgan fingerprint density at radius 1 is 1.67 bits per heavy atom. The van der Waals surface area contributed by atoms with Gasteiger partial charge in [0.25, 0.3) is 0 Å². The maximum absolute atomic E-state index is 11.2. The maximum atomic E-state index is 11.2. The van der Waals surface area contributed by atoms with E-state index < -0.39 is 0 Å². The molecule has 1 aromatic heterocycles. The minimum absolute atomic E-state index is 0.142. The molecule has 0 aromatic carbocycles. The molecule has 2 heterocycles. The molecule has 1 aliphatic rings. The molecule has 2 rings (SSSR count). The number of nitrogens with zero attached hydrogens (tertiary/aromatic N) is 2. The smallest absolute Gasteiger partial charge is 0.228 e. The molecule has 1 amide bonds. The van der Waals surface area contributed by atoms with Gasteiger partial charge in [0.15, 0.2) is 5.82 Å². The molecule has 4 nitrogen and oxygen atoms in total. The molecule has 0 unspecified atom stereocenters. The predicted molar refractivity (Wildman–Crippen MR) is 42.8 cm³/mol. The SMILES string of the molecule is Cc1cc(N2CCCC2=O)no1. The summed E-state index contributed by atoms with van der Waals surface area (Å²) in [5.74, 6) is 1.53. The summed E-state index contributed by atoms with van der Waals surface area (Å²) < 4.78 is 4.88. The number of hydrogen-bond acceptors (Lipinski definition) is 3. The monoisotopic (exact) mass is 166 g/mol. The van der Waals surface area contributed by atoms with Gasteiger partial charge < -0.3 is 4.52 Å². The van der Waals surface area contributed by atoms with E-state index >= 15 is 0 Å². The lowest BCUT2D eigenvalue weighted by Gasteiger charge is -2.09. The van der Waals surface area contributed by atoms with E-state index in [1.165, 1.54) is 0 Å². The molecule has 4 heteroatoms. The lowest BCUT2D eigenvalue weighted by molar-refractivity contribution is -0.117. The van der Waals surface area contributed by atoms with Crippen LogP contribution in [0.1, 0.15) is 18.6 Å². The van der Waals surface area contributed by atoms with Gasteiger partial charge in [-0.3, -0.25) is 9.69 Å². The van der Waals surface area contributed by atoms with E-state index in [9.17, 15) is 4.79 Å². The zero-order chi connectivity index (χ0) is 8.55. The van der Waals surface area contributed by atoms with Crippen molar-refractivity contribution >= 4 is 11.7 Å². The zero-order valence-electron chi connectivity index (χ0n) is 6.91. The molecule has 0 atom stereocenters. The number of carbonyl (C=O) groups excluding carboxylic acids is 1. The third-order valence-corrected chi connectivity index (χ3v) is 1.97. The van der Waals surface area contributed by atoms with Crippen LogP contribution >= 0.6 is 0 Å². The number of rotatable bonds is 1. The first-order valence-electron chi connectivity index (χ1n) is 4.01. The lowest BCUT2D eigenvalue weighted by Crippen LogP contribution is -2.23. The van der Waals surface area contributed by atoms with Gasteiger partial charge in [0.1, 0.15) is 5.76 Å². The summed E-state index contributed by atoms with van der Waals surface area (Å²) in [5.41, 5.74) is 0. The Balaban J connectivity index is 2.24. The molecule has 1 saturated heterocycles. The minimum atomic E-state index is 0.142. The van der Waals surface area contributed by atoms with Crippen LogP contribution in [0, 0.1) is 6.92 Å². The van der Waals surface area contributed by atoms with E-state index in [4.69, 9.17) is 4.52 Å². The summed E-state index contributed by atoms with van der Waals surface area (Å²) in [6.45, 7) is 2.59. The second kappa shape index (κ2) is 2.62. The van der Waals surface area contributed by atoms with E-state index in [1.807, 2.05) is 6.92 Å². The Kier molecular flexibility index (Phi) is 1.60. The lowest BCUT2D eigenvalue weighted by atomic mass is 10.4. The number of aryl methyl sites for hydroxylation is 1. The predicted octanol–water partition coefficient (Wildman–Crippen LogP) is 1.11. The molecular weight excluding hydrogens is 156 g/mol. The third-order valence-electron chi connectivity index (χ3n) is 1.97. The van der Waals surface area contributed by atoms with E-state index in [2.05, 4.69) is 5.16 Å². The molecule has 12 heavy (non-hydrogen) atoms. The second-order valence-corrected chi connectivity index (χ2v) is 2.94. The molecule has 1 fully saturated rings. The molecule has 0 N–H and O–H groups in total. The van der Waals surface area contributed by atoms with Crippen molar-refractivity contribution in [2.24, 2.45) is 0 Å². The van der Waals surface area contributed by atoms with Crippen LogP contribution in [-0.2, 0) is 4.79 Å². The Bertz CT molecular complexity index is 306. The Morgan fingerprint density at radius 2 is 2.50 bits per heavy atom. The molecule has 0 aliphatic carbocycles. The summed E-state index contributed by atoms with van der Waals surface area (Å²) in [6.07, 6.45) is 1.55. The van der Waals surface area contributed by atoms with E-state index in [-0.39, 0.29) is 5.91 Å².